The number of aromatic hydroxyl groups is 1. The van der Waals surface area contributed by atoms with E-state index in [0.29, 0.717) is 5.56 Å². The molecule has 0 bridgehead atoms. The fourth-order valence-electron chi connectivity index (χ4n) is 5.62. The first-order valence-corrected chi connectivity index (χ1v) is 9.97. The number of carbonyl (C=O) groups excluding carboxylic acids is 4. The number of nitrogens with two attached hydrogens (primary N) is 1. The lowest BCUT2D eigenvalue weighted by atomic mass is 9.54. The first-order valence-electron chi connectivity index (χ1n) is 9.97. The molecule has 3 aliphatic carbocycles. The number of ketones is 3. The number of nitrogens with zero attached hydrogens (tertiary/aromatic N) is 1. The molecule has 0 aromatic heterocycles. The highest BCUT2D eigenvalue weighted by atomic mass is 16.3. The van der Waals surface area contributed by atoms with Crippen LogP contribution in [0.5, 0.6) is 5.75 Å². The van der Waals surface area contributed by atoms with E-state index in [1.807, 2.05) is 0 Å². The molecule has 1 amide bonds. The van der Waals surface area contributed by atoms with E-state index in [4.69, 9.17) is 5.73 Å². The van der Waals surface area contributed by atoms with Crippen molar-refractivity contribution in [3.8, 4) is 5.75 Å². The molecule has 0 spiro atoms. The molecular formula is C22H24N2O7. The van der Waals surface area contributed by atoms with Crippen LogP contribution < -0.4 is 5.73 Å². The fraction of sp³-hybridized carbons (Fsp3) is 0.455. The van der Waals surface area contributed by atoms with Gasteiger partial charge in [0.25, 0.3) is 0 Å². The number of carbonyl (C=O) groups is 4. The van der Waals surface area contributed by atoms with Crippen LogP contribution in [0.2, 0.25) is 0 Å². The third kappa shape index (κ3) is 2.67. The SMILES string of the molecule is C[C@H]1c2cccc(O)c2C(=O)C2=C[C@]3(O)C(=O)C(C(N)=O)C(=O)[C@@H](N(C)C)[C@@H]3[C@@H](O)[C@@H]21. The second kappa shape index (κ2) is 6.81. The van der Waals surface area contributed by atoms with Crippen LogP contribution in [0.25, 0.3) is 0 Å². The Kier molecular flexibility index (Phi) is 4.69. The summed E-state index contributed by atoms with van der Waals surface area (Å²) in [6.45, 7) is 1.76. The highest BCUT2D eigenvalue weighted by Gasteiger charge is 2.66. The van der Waals surface area contributed by atoms with Gasteiger partial charge in [-0.3, -0.25) is 24.1 Å². The van der Waals surface area contributed by atoms with Gasteiger partial charge in [-0.05, 0) is 37.7 Å². The summed E-state index contributed by atoms with van der Waals surface area (Å²) in [7, 11) is 3.07. The molecule has 9 nitrogen and oxygen atoms in total. The molecule has 0 heterocycles. The molecule has 1 unspecified atom stereocenters. The van der Waals surface area contributed by atoms with Crippen LogP contribution >= 0.6 is 0 Å². The number of amides is 1. The number of benzene rings is 1. The molecule has 5 N–H and O–H groups in total. The van der Waals surface area contributed by atoms with Crippen molar-refractivity contribution in [2.45, 2.75) is 30.6 Å². The minimum absolute atomic E-state index is 0.0313. The topological polar surface area (TPSA) is 158 Å². The summed E-state index contributed by atoms with van der Waals surface area (Å²) in [5.41, 5.74) is 3.38. The molecule has 3 aliphatic rings. The molecule has 164 valence electrons. The van der Waals surface area contributed by atoms with E-state index in [2.05, 4.69) is 0 Å². The molecule has 4 rings (SSSR count). The summed E-state index contributed by atoms with van der Waals surface area (Å²) in [5.74, 6) is -8.48. The number of rotatable bonds is 2. The van der Waals surface area contributed by atoms with E-state index in [1.165, 1.54) is 25.1 Å². The first kappa shape index (κ1) is 21.4. The van der Waals surface area contributed by atoms with Crippen LogP contribution in [0, 0.1) is 17.8 Å². The van der Waals surface area contributed by atoms with Crippen LogP contribution in [0.15, 0.2) is 29.8 Å². The average Bonchev–Trinajstić information content (AvgIpc) is 2.67. The number of aliphatic hydroxyl groups is 2. The van der Waals surface area contributed by atoms with Crippen LogP contribution in [0.4, 0.5) is 0 Å². The van der Waals surface area contributed by atoms with Gasteiger partial charge in [-0.1, -0.05) is 19.1 Å². The van der Waals surface area contributed by atoms with Crippen molar-refractivity contribution in [2.75, 3.05) is 14.1 Å². The van der Waals surface area contributed by atoms with Crippen molar-refractivity contribution in [2.24, 2.45) is 23.5 Å². The molecule has 31 heavy (non-hydrogen) atoms. The number of hydrogen-bond donors (Lipinski definition) is 4. The van der Waals surface area contributed by atoms with Gasteiger partial charge < -0.3 is 21.1 Å². The maximum atomic E-state index is 13.3. The zero-order valence-corrected chi connectivity index (χ0v) is 17.3. The number of Topliss-reactive ketones (excluding diaryl/α,β-unsaturated/α-hetero) is 3. The number of fused-ring (bicyclic) bond motifs is 3. The standard InChI is InChI=1S/C22H24N2O7/c1-8-9-5-4-6-11(25)13(9)17(26)10-7-22(31)15(18(27)12(8)10)16(24(2)3)19(28)14(20(22)29)21(23)30/h4-8,12,14-16,18,25,27,31H,1-3H3,(H2,23,30)/t8-,12+,14?,15+,16-,18-,22+/m0/s1. The highest BCUT2D eigenvalue weighted by molar-refractivity contribution is 6.25. The molecule has 0 aliphatic heterocycles. The molecule has 1 aromatic carbocycles. The van der Waals surface area contributed by atoms with Crippen molar-refractivity contribution >= 4 is 23.3 Å². The second-order valence-electron chi connectivity index (χ2n) is 8.84. The van der Waals surface area contributed by atoms with Gasteiger partial charge in [0, 0.05) is 17.4 Å². The molecule has 1 saturated carbocycles. The van der Waals surface area contributed by atoms with Crippen molar-refractivity contribution < 1.29 is 34.5 Å². The first-order chi connectivity index (χ1) is 14.4. The van der Waals surface area contributed by atoms with E-state index in [9.17, 15) is 34.5 Å². The van der Waals surface area contributed by atoms with Crippen LogP contribution in [0.1, 0.15) is 28.8 Å². The zero-order valence-electron chi connectivity index (χ0n) is 17.3. The van der Waals surface area contributed by atoms with Gasteiger partial charge in [0.1, 0.15) is 11.4 Å². The Hall–Kier alpha value is -2.88. The Morgan fingerprint density at radius 3 is 2.42 bits per heavy atom. The summed E-state index contributed by atoms with van der Waals surface area (Å²) in [6.07, 6.45) is -0.390. The second-order valence-corrected chi connectivity index (χ2v) is 8.84. The summed E-state index contributed by atoms with van der Waals surface area (Å²) in [6, 6.07) is 3.44. The van der Waals surface area contributed by atoms with Gasteiger partial charge in [0.2, 0.25) is 5.91 Å². The lowest BCUT2D eigenvalue weighted by Crippen LogP contribution is -2.71. The minimum atomic E-state index is -2.45. The minimum Gasteiger partial charge on any atom is -0.507 e. The fourth-order valence-corrected chi connectivity index (χ4v) is 5.62. The van der Waals surface area contributed by atoms with Crippen LogP contribution in [0.3, 0.4) is 0 Å². The normalized spacial score (nSPS) is 37.1. The number of primary amides is 1. The van der Waals surface area contributed by atoms with Gasteiger partial charge in [-0.25, -0.2) is 0 Å². The molecular weight excluding hydrogens is 404 g/mol. The molecule has 0 radical (unpaired) electrons. The maximum Gasteiger partial charge on any atom is 0.235 e. The van der Waals surface area contributed by atoms with Gasteiger partial charge >= 0.3 is 0 Å². The zero-order chi connectivity index (χ0) is 23.0. The number of phenolic OH excluding ortho intramolecular Hbond substituents is 1. The van der Waals surface area contributed by atoms with E-state index in [-0.39, 0.29) is 16.9 Å². The van der Waals surface area contributed by atoms with E-state index in [0.717, 1.165) is 6.08 Å². The smallest absolute Gasteiger partial charge is 0.235 e. The molecule has 0 saturated heterocycles. The largest absolute Gasteiger partial charge is 0.507 e. The Balaban J connectivity index is 1.98. The summed E-state index contributed by atoms with van der Waals surface area (Å²) < 4.78 is 0. The van der Waals surface area contributed by atoms with Crippen molar-refractivity contribution in [3.05, 3.63) is 41.0 Å². The predicted molar refractivity (Wildman–Crippen MR) is 107 cm³/mol. The van der Waals surface area contributed by atoms with Crippen molar-refractivity contribution in [1.82, 2.24) is 4.90 Å². The number of phenols is 1. The maximum absolute atomic E-state index is 13.3. The Morgan fingerprint density at radius 1 is 1.19 bits per heavy atom. The summed E-state index contributed by atoms with van der Waals surface area (Å²) in [5, 5.41) is 33.1. The van der Waals surface area contributed by atoms with E-state index >= 15 is 0 Å². The molecule has 7 atom stereocenters. The molecule has 1 fully saturated rings. The molecule has 9 heteroatoms. The average molecular weight is 428 g/mol. The quantitative estimate of drug-likeness (QED) is 0.443. The van der Waals surface area contributed by atoms with Crippen molar-refractivity contribution in [3.63, 3.8) is 0 Å². The van der Waals surface area contributed by atoms with Crippen LogP contribution in [-0.2, 0) is 14.4 Å². The lowest BCUT2D eigenvalue weighted by Gasteiger charge is -2.53. The number of aliphatic hydroxyl groups excluding tert-OH is 1. The molecule has 1 aromatic rings. The highest BCUT2D eigenvalue weighted by Crippen LogP contribution is 2.52. The monoisotopic (exact) mass is 428 g/mol. The third-order valence-electron chi connectivity index (χ3n) is 6.99. The lowest BCUT2D eigenvalue weighted by molar-refractivity contribution is -0.174. The van der Waals surface area contributed by atoms with Gasteiger partial charge in [0.15, 0.2) is 23.3 Å². The number of hydrogen-bond acceptors (Lipinski definition) is 8. The van der Waals surface area contributed by atoms with Gasteiger partial charge in [-0.15, -0.1) is 0 Å². The van der Waals surface area contributed by atoms with Crippen LogP contribution in [-0.4, -0.2) is 75.3 Å². The van der Waals surface area contributed by atoms with E-state index in [1.54, 1.807) is 19.1 Å². The number of likely N-dealkylation sites (N-methyl/N-ethyl adjacent to an activating group) is 1. The third-order valence-corrected chi connectivity index (χ3v) is 6.99. The van der Waals surface area contributed by atoms with Gasteiger partial charge in [-0.2, -0.15) is 0 Å². The predicted octanol–water partition coefficient (Wildman–Crippen LogP) is -0.860. The Labute approximate surface area is 178 Å². The Bertz CT molecular complexity index is 1060. The summed E-state index contributed by atoms with van der Waals surface area (Å²) >= 11 is 0. The van der Waals surface area contributed by atoms with Crippen molar-refractivity contribution in [1.29, 1.82) is 0 Å². The van der Waals surface area contributed by atoms with Gasteiger partial charge in [0.05, 0.1) is 17.7 Å². The van der Waals surface area contributed by atoms with E-state index < -0.39 is 64.7 Å². The summed E-state index contributed by atoms with van der Waals surface area (Å²) in [4.78, 5) is 52.7. The Morgan fingerprint density at radius 2 is 1.84 bits per heavy atom.